The van der Waals surface area contributed by atoms with Crippen molar-refractivity contribution in [2.75, 3.05) is 15.9 Å². The molecule has 3 rings (SSSR count). The van der Waals surface area contributed by atoms with E-state index in [4.69, 9.17) is 11.6 Å². The second-order valence-corrected chi connectivity index (χ2v) is 7.23. The van der Waals surface area contributed by atoms with E-state index in [1.54, 1.807) is 6.07 Å². The van der Waals surface area contributed by atoms with Crippen molar-refractivity contribution >= 4 is 39.0 Å². The van der Waals surface area contributed by atoms with E-state index in [2.05, 4.69) is 15.1 Å². The molecule has 1 heterocycles. The van der Waals surface area contributed by atoms with Crippen molar-refractivity contribution in [2.24, 2.45) is 0 Å². The highest BCUT2D eigenvalue weighted by atomic mass is 35.5. The Morgan fingerprint density at radius 2 is 1.73 bits per heavy atom. The zero-order valence-corrected chi connectivity index (χ0v) is 15.0. The third-order valence-corrected chi connectivity index (χ3v) is 5.07. The van der Waals surface area contributed by atoms with Crippen LogP contribution in [0.3, 0.4) is 0 Å². The Bertz CT molecular complexity index is 1000. The summed E-state index contributed by atoms with van der Waals surface area (Å²) in [6, 6.07) is 16.5. The van der Waals surface area contributed by atoms with Crippen LogP contribution in [0.25, 0.3) is 5.69 Å². The van der Waals surface area contributed by atoms with Crippen molar-refractivity contribution < 1.29 is 13.2 Å². The number of para-hydroxylation sites is 1. The molecule has 0 aliphatic rings. The van der Waals surface area contributed by atoms with Crippen LogP contribution in [0.15, 0.2) is 71.8 Å². The highest BCUT2D eigenvalue weighted by Gasteiger charge is 2.17. The van der Waals surface area contributed by atoms with Gasteiger partial charge < -0.3 is 5.32 Å². The minimum atomic E-state index is -3.81. The monoisotopic (exact) mass is 390 g/mol. The highest BCUT2D eigenvalue weighted by molar-refractivity contribution is 7.92. The fraction of sp³-hybridized carbons (Fsp3) is 0.0588. The van der Waals surface area contributed by atoms with E-state index in [1.807, 2.05) is 30.3 Å². The largest absolute Gasteiger partial charge is 0.325 e. The van der Waals surface area contributed by atoms with Gasteiger partial charge in [-0.25, -0.2) is 13.1 Å². The summed E-state index contributed by atoms with van der Waals surface area (Å²) in [7, 11) is -3.81. The molecule has 0 spiro atoms. The average molecular weight is 391 g/mol. The van der Waals surface area contributed by atoms with Gasteiger partial charge in [-0.2, -0.15) is 5.10 Å². The number of anilines is 2. The fourth-order valence-electron chi connectivity index (χ4n) is 2.26. The predicted octanol–water partition coefficient (Wildman–Crippen LogP) is 2.85. The molecule has 2 N–H and O–H groups in total. The summed E-state index contributed by atoms with van der Waals surface area (Å²) >= 11 is 5.42. The molecule has 0 saturated carbocycles. The topological polar surface area (TPSA) is 93.1 Å². The lowest BCUT2D eigenvalue weighted by molar-refractivity contribution is -0.113. The summed E-state index contributed by atoms with van der Waals surface area (Å²) in [4.78, 5) is 11.3. The first-order valence-electron chi connectivity index (χ1n) is 7.58. The van der Waals surface area contributed by atoms with Gasteiger partial charge >= 0.3 is 0 Å². The number of halogens is 1. The number of rotatable bonds is 6. The number of alkyl halides is 1. The van der Waals surface area contributed by atoms with E-state index >= 15 is 0 Å². The van der Waals surface area contributed by atoms with Crippen molar-refractivity contribution in [3.05, 3.63) is 66.9 Å². The Labute approximate surface area is 155 Å². The van der Waals surface area contributed by atoms with Crippen molar-refractivity contribution in [3.63, 3.8) is 0 Å². The second-order valence-electron chi connectivity index (χ2n) is 5.28. The van der Waals surface area contributed by atoms with Gasteiger partial charge in [0.1, 0.15) is 11.7 Å². The van der Waals surface area contributed by atoms with Crippen molar-refractivity contribution in [1.82, 2.24) is 9.78 Å². The summed E-state index contributed by atoms with van der Waals surface area (Å²) in [5, 5.41) is 6.70. The van der Waals surface area contributed by atoms with Gasteiger partial charge in [0.2, 0.25) is 5.91 Å². The summed E-state index contributed by atoms with van der Waals surface area (Å²) in [6.07, 6.45) is 1.51. The Kier molecular flexibility index (Phi) is 5.24. The predicted molar refractivity (Wildman–Crippen MR) is 100 cm³/mol. The first-order chi connectivity index (χ1) is 12.5. The van der Waals surface area contributed by atoms with Crippen LogP contribution in [0.5, 0.6) is 0 Å². The average Bonchev–Trinajstić information content (AvgIpc) is 3.10. The van der Waals surface area contributed by atoms with E-state index in [-0.39, 0.29) is 16.7 Å². The van der Waals surface area contributed by atoms with Gasteiger partial charge in [-0.3, -0.25) is 9.52 Å². The van der Waals surface area contributed by atoms with E-state index in [0.717, 1.165) is 5.69 Å². The van der Waals surface area contributed by atoms with E-state index in [0.29, 0.717) is 11.5 Å². The summed E-state index contributed by atoms with van der Waals surface area (Å²) < 4.78 is 29.2. The third kappa shape index (κ3) is 4.04. The van der Waals surface area contributed by atoms with Gasteiger partial charge in [0.15, 0.2) is 0 Å². The number of hydrogen-bond donors (Lipinski definition) is 2. The van der Waals surface area contributed by atoms with Gasteiger partial charge in [0.05, 0.1) is 16.8 Å². The lowest BCUT2D eigenvalue weighted by Gasteiger charge is -2.11. The standard InChI is InChI=1S/C17H15ClN4O3S/c18-12-17(23)20-13-6-8-15(9-7-13)26(24,25)21-16-10-11-19-22(16)14-4-2-1-3-5-14/h1-11,21H,12H2,(H,20,23). The van der Waals surface area contributed by atoms with Crippen LogP contribution in [-0.2, 0) is 14.8 Å². The molecule has 0 bridgehead atoms. The maximum Gasteiger partial charge on any atom is 0.263 e. The molecule has 0 radical (unpaired) electrons. The lowest BCUT2D eigenvalue weighted by atomic mass is 10.3. The van der Waals surface area contributed by atoms with Crippen molar-refractivity contribution in [1.29, 1.82) is 0 Å². The molecular formula is C17H15ClN4O3S. The Morgan fingerprint density at radius 3 is 2.38 bits per heavy atom. The molecule has 7 nitrogen and oxygen atoms in total. The Balaban J connectivity index is 1.82. The zero-order valence-electron chi connectivity index (χ0n) is 13.5. The van der Waals surface area contributed by atoms with Crippen molar-refractivity contribution in [3.8, 4) is 5.69 Å². The summed E-state index contributed by atoms with van der Waals surface area (Å²) in [6.45, 7) is 0. The molecular weight excluding hydrogens is 376 g/mol. The van der Waals surface area contributed by atoms with Gasteiger partial charge in [-0.05, 0) is 36.4 Å². The molecule has 0 aliphatic carbocycles. The molecule has 134 valence electrons. The molecule has 0 aliphatic heterocycles. The number of amides is 1. The quantitative estimate of drug-likeness (QED) is 0.633. The van der Waals surface area contributed by atoms with Crippen LogP contribution in [0.1, 0.15) is 0 Å². The van der Waals surface area contributed by atoms with Gasteiger partial charge in [0, 0.05) is 11.8 Å². The van der Waals surface area contributed by atoms with Crippen LogP contribution >= 0.6 is 11.6 Å². The van der Waals surface area contributed by atoms with E-state index in [9.17, 15) is 13.2 Å². The molecule has 3 aromatic rings. The van der Waals surface area contributed by atoms with E-state index < -0.39 is 10.0 Å². The van der Waals surface area contributed by atoms with Crippen molar-refractivity contribution in [2.45, 2.75) is 4.90 Å². The number of nitrogens with one attached hydrogen (secondary N) is 2. The molecule has 0 atom stereocenters. The van der Waals surface area contributed by atoms with Gasteiger partial charge in [0.25, 0.3) is 10.0 Å². The fourth-order valence-corrected chi connectivity index (χ4v) is 3.37. The highest BCUT2D eigenvalue weighted by Crippen LogP contribution is 2.20. The third-order valence-electron chi connectivity index (χ3n) is 3.45. The number of carbonyl (C=O) groups excluding carboxylic acids is 1. The molecule has 0 saturated heterocycles. The molecule has 2 aromatic carbocycles. The molecule has 1 amide bonds. The summed E-state index contributed by atoms with van der Waals surface area (Å²) in [5.74, 6) is -0.228. The number of benzene rings is 2. The van der Waals surface area contributed by atoms with Crippen LogP contribution in [0.4, 0.5) is 11.5 Å². The van der Waals surface area contributed by atoms with Crippen LogP contribution < -0.4 is 10.0 Å². The Morgan fingerprint density at radius 1 is 1.04 bits per heavy atom. The minimum Gasteiger partial charge on any atom is -0.325 e. The molecule has 0 fully saturated rings. The number of aromatic nitrogens is 2. The minimum absolute atomic E-state index is 0.0576. The number of hydrogen-bond acceptors (Lipinski definition) is 4. The smallest absolute Gasteiger partial charge is 0.263 e. The molecule has 0 unspecified atom stereocenters. The normalized spacial score (nSPS) is 11.1. The van der Waals surface area contributed by atoms with Gasteiger partial charge in [-0.15, -0.1) is 11.6 Å². The number of carbonyl (C=O) groups is 1. The lowest BCUT2D eigenvalue weighted by Crippen LogP contribution is -2.16. The maximum absolute atomic E-state index is 12.6. The molecule has 9 heteroatoms. The second kappa shape index (κ2) is 7.59. The van der Waals surface area contributed by atoms with Crippen LogP contribution in [0, 0.1) is 0 Å². The SMILES string of the molecule is O=C(CCl)Nc1ccc(S(=O)(=O)Nc2ccnn2-c2ccccc2)cc1. The Hall–Kier alpha value is -2.84. The number of nitrogens with zero attached hydrogens (tertiary/aromatic N) is 2. The van der Waals surface area contributed by atoms with E-state index in [1.165, 1.54) is 35.1 Å². The van der Waals surface area contributed by atoms with Crippen LogP contribution in [-0.4, -0.2) is 30.0 Å². The molecule has 26 heavy (non-hydrogen) atoms. The maximum atomic E-state index is 12.6. The first kappa shape index (κ1) is 18.0. The van der Waals surface area contributed by atoms with Crippen LogP contribution in [0.2, 0.25) is 0 Å². The first-order valence-corrected chi connectivity index (χ1v) is 9.59. The zero-order chi connectivity index (χ0) is 18.6. The summed E-state index contributed by atoms with van der Waals surface area (Å²) in [5.41, 5.74) is 1.19. The molecule has 1 aromatic heterocycles. The number of sulfonamides is 1. The van der Waals surface area contributed by atoms with Gasteiger partial charge in [-0.1, -0.05) is 18.2 Å².